The number of alkyl halides is 1. The fourth-order valence-corrected chi connectivity index (χ4v) is 2.95. The van der Waals surface area contributed by atoms with Crippen molar-refractivity contribution in [3.8, 4) is 0 Å². The molecule has 1 aliphatic rings. The molecule has 0 aliphatic heterocycles. The highest BCUT2D eigenvalue weighted by Gasteiger charge is 2.30. The molecule has 1 saturated carbocycles. The second-order valence-corrected chi connectivity index (χ2v) is 5.88. The van der Waals surface area contributed by atoms with Crippen molar-refractivity contribution in [2.45, 2.75) is 38.1 Å². The maximum Gasteiger partial charge on any atom is 0.0941 e. The van der Waals surface area contributed by atoms with Gasteiger partial charge in [-0.15, -0.1) is 22.9 Å². The summed E-state index contributed by atoms with van der Waals surface area (Å²) in [5, 5.41) is 3.28. The molecule has 1 aromatic heterocycles. The van der Waals surface area contributed by atoms with Gasteiger partial charge in [0, 0.05) is 24.4 Å². The van der Waals surface area contributed by atoms with Crippen LogP contribution in [0.15, 0.2) is 5.38 Å². The van der Waals surface area contributed by atoms with Crippen LogP contribution in [0, 0.1) is 5.92 Å². The molecule has 0 saturated heterocycles. The highest BCUT2D eigenvalue weighted by atomic mass is 35.5. The van der Waals surface area contributed by atoms with E-state index in [-0.39, 0.29) is 0 Å². The van der Waals surface area contributed by atoms with Crippen LogP contribution in [0.5, 0.6) is 0 Å². The number of nitrogens with zero attached hydrogens (tertiary/aromatic N) is 2. The van der Waals surface area contributed by atoms with Crippen molar-refractivity contribution in [3.63, 3.8) is 0 Å². The van der Waals surface area contributed by atoms with E-state index in [1.165, 1.54) is 17.8 Å². The van der Waals surface area contributed by atoms with E-state index in [0.717, 1.165) is 30.6 Å². The average Bonchev–Trinajstić information content (AvgIpc) is 3.04. The van der Waals surface area contributed by atoms with E-state index in [2.05, 4.69) is 29.2 Å². The van der Waals surface area contributed by atoms with Crippen molar-refractivity contribution in [3.05, 3.63) is 16.1 Å². The predicted molar refractivity (Wildman–Crippen MR) is 70.2 cm³/mol. The minimum Gasteiger partial charge on any atom is -0.303 e. The smallest absolute Gasteiger partial charge is 0.0941 e. The van der Waals surface area contributed by atoms with Gasteiger partial charge in [-0.25, -0.2) is 4.98 Å². The highest BCUT2D eigenvalue weighted by molar-refractivity contribution is 7.09. The van der Waals surface area contributed by atoms with Crippen molar-refractivity contribution < 1.29 is 0 Å². The number of likely N-dealkylation sites (N-methyl/N-ethyl adjacent to an activating group) is 1. The summed E-state index contributed by atoms with van der Waals surface area (Å²) in [5.41, 5.74) is 1.01. The second-order valence-electron chi connectivity index (χ2n) is 4.67. The molecule has 1 fully saturated rings. The van der Waals surface area contributed by atoms with Gasteiger partial charge in [0.05, 0.1) is 16.6 Å². The summed E-state index contributed by atoms with van der Waals surface area (Å²) in [7, 11) is 2.22. The van der Waals surface area contributed by atoms with E-state index in [4.69, 9.17) is 11.6 Å². The van der Waals surface area contributed by atoms with Gasteiger partial charge in [0.1, 0.15) is 0 Å². The lowest BCUT2D eigenvalue weighted by Crippen LogP contribution is -2.32. The summed E-state index contributed by atoms with van der Waals surface area (Å²) < 4.78 is 0. The third kappa shape index (κ3) is 3.19. The third-order valence-corrected chi connectivity index (χ3v) is 4.65. The van der Waals surface area contributed by atoms with Gasteiger partial charge in [-0.05, 0) is 32.7 Å². The van der Waals surface area contributed by atoms with Crippen LogP contribution in [0.4, 0.5) is 0 Å². The fourth-order valence-electron chi connectivity index (χ4n) is 1.94. The molecule has 0 aromatic carbocycles. The molecule has 16 heavy (non-hydrogen) atoms. The molecular weight excluding hydrogens is 240 g/mol. The Kier molecular flexibility index (Phi) is 4.22. The van der Waals surface area contributed by atoms with Crippen LogP contribution < -0.4 is 0 Å². The van der Waals surface area contributed by atoms with Crippen LogP contribution in [0.2, 0.25) is 0 Å². The lowest BCUT2D eigenvalue weighted by atomic mass is 10.2. The largest absolute Gasteiger partial charge is 0.303 e. The quantitative estimate of drug-likeness (QED) is 0.729. The molecule has 1 heterocycles. The van der Waals surface area contributed by atoms with Gasteiger partial charge in [-0.3, -0.25) is 0 Å². The zero-order valence-electron chi connectivity index (χ0n) is 9.95. The Morgan fingerprint density at radius 2 is 2.38 bits per heavy atom. The molecule has 2 rings (SSSR count). The molecule has 0 spiro atoms. The van der Waals surface area contributed by atoms with Crippen molar-refractivity contribution in [1.29, 1.82) is 0 Å². The SMILES string of the molecule is CC(C1CC1)N(C)CCc1nc(CCl)cs1. The van der Waals surface area contributed by atoms with E-state index >= 15 is 0 Å². The Morgan fingerprint density at radius 3 is 2.94 bits per heavy atom. The second kappa shape index (κ2) is 5.48. The summed E-state index contributed by atoms with van der Waals surface area (Å²) in [6.07, 6.45) is 3.88. The molecule has 0 radical (unpaired) electrons. The molecule has 0 bridgehead atoms. The number of thiazole rings is 1. The predicted octanol–water partition coefficient (Wildman–Crippen LogP) is 3.15. The first-order chi connectivity index (χ1) is 7.70. The summed E-state index contributed by atoms with van der Waals surface area (Å²) in [6, 6.07) is 0.729. The minimum atomic E-state index is 0.533. The monoisotopic (exact) mass is 258 g/mol. The number of hydrogen-bond donors (Lipinski definition) is 0. The molecule has 90 valence electrons. The van der Waals surface area contributed by atoms with E-state index in [1.807, 2.05) is 0 Å². The number of hydrogen-bond acceptors (Lipinski definition) is 3. The van der Waals surface area contributed by atoms with Crippen molar-refractivity contribution in [2.75, 3.05) is 13.6 Å². The Morgan fingerprint density at radius 1 is 1.62 bits per heavy atom. The molecule has 2 nitrogen and oxygen atoms in total. The van der Waals surface area contributed by atoms with E-state index < -0.39 is 0 Å². The summed E-state index contributed by atoms with van der Waals surface area (Å²) in [4.78, 5) is 6.94. The van der Waals surface area contributed by atoms with Crippen LogP contribution in [-0.4, -0.2) is 29.5 Å². The van der Waals surface area contributed by atoms with Gasteiger partial charge < -0.3 is 4.90 Å². The summed E-state index contributed by atoms with van der Waals surface area (Å²) in [6.45, 7) is 3.44. The Bertz CT molecular complexity index is 336. The third-order valence-electron chi connectivity index (χ3n) is 3.41. The van der Waals surface area contributed by atoms with Gasteiger partial charge in [-0.1, -0.05) is 0 Å². The number of halogens is 1. The first-order valence-corrected chi connectivity index (χ1v) is 7.31. The van der Waals surface area contributed by atoms with Crippen LogP contribution in [0.25, 0.3) is 0 Å². The molecule has 4 heteroatoms. The maximum absolute atomic E-state index is 5.74. The van der Waals surface area contributed by atoms with Crippen molar-refractivity contribution in [1.82, 2.24) is 9.88 Å². The summed E-state index contributed by atoms with van der Waals surface area (Å²) in [5.74, 6) is 1.48. The van der Waals surface area contributed by atoms with E-state index in [0.29, 0.717) is 5.88 Å². The van der Waals surface area contributed by atoms with Gasteiger partial charge in [-0.2, -0.15) is 0 Å². The topological polar surface area (TPSA) is 16.1 Å². The minimum absolute atomic E-state index is 0.533. The molecule has 0 N–H and O–H groups in total. The first kappa shape index (κ1) is 12.3. The van der Waals surface area contributed by atoms with E-state index in [9.17, 15) is 0 Å². The van der Waals surface area contributed by atoms with Crippen molar-refractivity contribution >= 4 is 22.9 Å². The molecule has 0 amide bonds. The van der Waals surface area contributed by atoms with Crippen LogP contribution in [0.3, 0.4) is 0 Å². The fraction of sp³-hybridized carbons (Fsp3) is 0.750. The van der Waals surface area contributed by atoms with Crippen molar-refractivity contribution in [2.24, 2.45) is 5.92 Å². The molecule has 1 unspecified atom stereocenters. The average molecular weight is 259 g/mol. The zero-order valence-corrected chi connectivity index (χ0v) is 11.5. The van der Waals surface area contributed by atoms with Gasteiger partial charge in [0.15, 0.2) is 0 Å². The van der Waals surface area contributed by atoms with E-state index in [1.54, 1.807) is 11.3 Å². The molecule has 1 aromatic rings. The Labute approximate surface area is 107 Å². The molecular formula is C12H19ClN2S. The number of rotatable bonds is 6. The Balaban J connectivity index is 1.77. The molecule has 1 aliphatic carbocycles. The lowest BCUT2D eigenvalue weighted by Gasteiger charge is -2.23. The Hall–Kier alpha value is -0.120. The maximum atomic E-state index is 5.74. The van der Waals surface area contributed by atoms with Gasteiger partial charge in [0.25, 0.3) is 0 Å². The lowest BCUT2D eigenvalue weighted by molar-refractivity contribution is 0.237. The summed E-state index contributed by atoms with van der Waals surface area (Å²) >= 11 is 7.47. The van der Waals surface area contributed by atoms with Crippen LogP contribution in [0.1, 0.15) is 30.5 Å². The van der Waals surface area contributed by atoms with Crippen LogP contribution in [-0.2, 0) is 12.3 Å². The normalized spacial score (nSPS) is 18.0. The van der Waals surface area contributed by atoms with Gasteiger partial charge in [0.2, 0.25) is 0 Å². The zero-order chi connectivity index (χ0) is 11.5. The standard InChI is InChI=1S/C12H19ClN2S/c1-9(10-3-4-10)15(2)6-5-12-14-11(7-13)8-16-12/h8-10H,3-7H2,1-2H3. The van der Waals surface area contributed by atoms with Crippen LogP contribution >= 0.6 is 22.9 Å². The highest BCUT2D eigenvalue weighted by Crippen LogP contribution is 2.34. The van der Waals surface area contributed by atoms with Gasteiger partial charge >= 0.3 is 0 Å². The number of aromatic nitrogens is 1. The molecule has 1 atom stereocenters. The first-order valence-electron chi connectivity index (χ1n) is 5.90.